The fraction of sp³-hybridized carbons (Fsp3) is 0.615. The summed E-state index contributed by atoms with van der Waals surface area (Å²) in [5.41, 5.74) is -0.706. The zero-order valence-electron chi connectivity index (χ0n) is 11.3. The van der Waals surface area contributed by atoms with Crippen molar-refractivity contribution < 1.29 is 14.6 Å². The molecule has 1 aromatic rings. The van der Waals surface area contributed by atoms with Gasteiger partial charge < -0.3 is 14.7 Å². The molecular weight excluding hydrogens is 246 g/mol. The van der Waals surface area contributed by atoms with Crippen LogP contribution < -0.4 is 9.64 Å². The Hall–Kier alpha value is -1.85. The van der Waals surface area contributed by atoms with Crippen molar-refractivity contribution in [1.82, 2.24) is 9.97 Å². The number of hydrogen-bond donors (Lipinski definition) is 1. The first-order chi connectivity index (χ1) is 9.05. The van der Waals surface area contributed by atoms with E-state index in [0.29, 0.717) is 37.8 Å². The van der Waals surface area contributed by atoms with Gasteiger partial charge in [-0.1, -0.05) is 6.92 Å². The molecule has 0 spiro atoms. The maximum atomic E-state index is 11.2. The van der Waals surface area contributed by atoms with Crippen molar-refractivity contribution in [2.75, 3.05) is 24.6 Å². The Morgan fingerprint density at radius 3 is 3.00 bits per heavy atom. The number of anilines is 1. The SMILES string of the molecule is CCCOc1cncc(N2CCC(C)(C(=O)O)C2)n1. The second-order valence-electron chi connectivity index (χ2n) is 5.10. The molecule has 6 nitrogen and oxygen atoms in total. The van der Waals surface area contributed by atoms with Gasteiger partial charge in [0, 0.05) is 13.1 Å². The van der Waals surface area contributed by atoms with E-state index >= 15 is 0 Å². The lowest BCUT2D eigenvalue weighted by atomic mass is 9.90. The minimum atomic E-state index is -0.763. The number of rotatable bonds is 5. The molecule has 2 rings (SSSR count). The average Bonchev–Trinajstić information content (AvgIpc) is 2.81. The number of aliphatic carboxylic acids is 1. The van der Waals surface area contributed by atoms with E-state index < -0.39 is 11.4 Å². The first-order valence-electron chi connectivity index (χ1n) is 6.48. The van der Waals surface area contributed by atoms with E-state index in [2.05, 4.69) is 9.97 Å². The van der Waals surface area contributed by atoms with Crippen LogP contribution in [-0.2, 0) is 4.79 Å². The molecule has 0 radical (unpaired) electrons. The molecule has 0 aliphatic carbocycles. The standard InChI is InChI=1S/C13H19N3O3/c1-3-6-19-11-8-14-7-10(15-11)16-5-4-13(2,9-16)12(17)18/h7-8H,3-6,9H2,1-2H3,(H,17,18). The quantitative estimate of drug-likeness (QED) is 0.871. The molecule has 1 fully saturated rings. The van der Waals surface area contributed by atoms with Crippen LogP contribution >= 0.6 is 0 Å². The van der Waals surface area contributed by atoms with Gasteiger partial charge in [-0.25, -0.2) is 0 Å². The molecule has 6 heteroatoms. The molecule has 0 bridgehead atoms. The van der Waals surface area contributed by atoms with E-state index in [-0.39, 0.29) is 0 Å². The molecule has 2 heterocycles. The zero-order chi connectivity index (χ0) is 13.9. The fourth-order valence-corrected chi connectivity index (χ4v) is 2.10. The first-order valence-corrected chi connectivity index (χ1v) is 6.48. The molecule has 0 saturated carbocycles. The topological polar surface area (TPSA) is 75.5 Å². The Bertz CT molecular complexity index is 466. The summed E-state index contributed by atoms with van der Waals surface area (Å²) < 4.78 is 5.44. The third-order valence-electron chi connectivity index (χ3n) is 3.37. The summed E-state index contributed by atoms with van der Waals surface area (Å²) in [7, 11) is 0. The maximum Gasteiger partial charge on any atom is 0.311 e. The molecule has 19 heavy (non-hydrogen) atoms. The van der Waals surface area contributed by atoms with Crippen LogP contribution in [0.5, 0.6) is 5.88 Å². The number of carboxylic acids is 1. The van der Waals surface area contributed by atoms with Crippen LogP contribution in [0.3, 0.4) is 0 Å². The number of ether oxygens (including phenoxy) is 1. The maximum absolute atomic E-state index is 11.2. The van der Waals surface area contributed by atoms with Gasteiger partial charge in [0.2, 0.25) is 5.88 Å². The van der Waals surface area contributed by atoms with Crippen LogP contribution in [0, 0.1) is 5.41 Å². The van der Waals surface area contributed by atoms with E-state index in [4.69, 9.17) is 4.74 Å². The van der Waals surface area contributed by atoms with Gasteiger partial charge in [-0.3, -0.25) is 9.78 Å². The van der Waals surface area contributed by atoms with Crippen molar-refractivity contribution in [3.8, 4) is 5.88 Å². The number of aromatic nitrogens is 2. The molecule has 1 saturated heterocycles. The van der Waals surface area contributed by atoms with Gasteiger partial charge in [-0.2, -0.15) is 4.98 Å². The molecule has 0 amide bonds. The number of carboxylic acid groups (broad SMARTS) is 1. The van der Waals surface area contributed by atoms with Gasteiger partial charge in [0.05, 0.1) is 24.4 Å². The monoisotopic (exact) mass is 265 g/mol. The van der Waals surface area contributed by atoms with Crippen LogP contribution in [0.15, 0.2) is 12.4 Å². The van der Waals surface area contributed by atoms with Crippen LogP contribution in [0.4, 0.5) is 5.82 Å². The highest BCUT2D eigenvalue weighted by atomic mass is 16.5. The summed E-state index contributed by atoms with van der Waals surface area (Å²) in [6.07, 6.45) is 4.74. The van der Waals surface area contributed by atoms with E-state index in [1.165, 1.54) is 0 Å². The molecule has 1 atom stereocenters. The Kier molecular flexibility index (Phi) is 3.87. The lowest BCUT2D eigenvalue weighted by Crippen LogP contribution is -2.32. The van der Waals surface area contributed by atoms with E-state index in [1.807, 2.05) is 11.8 Å². The molecule has 104 valence electrons. The van der Waals surface area contributed by atoms with Crippen LogP contribution in [-0.4, -0.2) is 40.7 Å². The Labute approximate surface area is 112 Å². The zero-order valence-corrected chi connectivity index (χ0v) is 11.3. The van der Waals surface area contributed by atoms with Gasteiger partial charge in [0.1, 0.15) is 0 Å². The number of hydrogen-bond acceptors (Lipinski definition) is 5. The van der Waals surface area contributed by atoms with Gasteiger partial charge in [0.25, 0.3) is 0 Å². The van der Waals surface area contributed by atoms with Crippen molar-refractivity contribution in [3.63, 3.8) is 0 Å². The molecule has 1 unspecified atom stereocenters. The van der Waals surface area contributed by atoms with Crippen molar-refractivity contribution >= 4 is 11.8 Å². The molecule has 1 aromatic heterocycles. The molecule has 1 aliphatic heterocycles. The lowest BCUT2D eigenvalue weighted by Gasteiger charge is -2.20. The highest BCUT2D eigenvalue weighted by molar-refractivity contribution is 5.76. The van der Waals surface area contributed by atoms with Crippen molar-refractivity contribution in [2.45, 2.75) is 26.7 Å². The third-order valence-corrected chi connectivity index (χ3v) is 3.37. The minimum Gasteiger partial charge on any atom is -0.481 e. The molecule has 1 N–H and O–H groups in total. The van der Waals surface area contributed by atoms with Gasteiger partial charge in [-0.05, 0) is 19.8 Å². The predicted octanol–water partition coefficient (Wildman–Crippen LogP) is 1.57. The smallest absolute Gasteiger partial charge is 0.311 e. The van der Waals surface area contributed by atoms with E-state index in [0.717, 1.165) is 6.42 Å². The minimum absolute atomic E-state index is 0.453. The highest BCUT2D eigenvalue weighted by Gasteiger charge is 2.41. The summed E-state index contributed by atoms with van der Waals surface area (Å²) >= 11 is 0. The number of carbonyl (C=O) groups is 1. The summed E-state index contributed by atoms with van der Waals surface area (Å²) in [5.74, 6) is 0.406. The van der Waals surface area contributed by atoms with Crippen LogP contribution in [0.1, 0.15) is 26.7 Å². The van der Waals surface area contributed by atoms with Crippen LogP contribution in [0.25, 0.3) is 0 Å². The summed E-state index contributed by atoms with van der Waals surface area (Å²) in [6.45, 7) is 5.52. The number of nitrogens with zero attached hydrogens (tertiary/aromatic N) is 3. The van der Waals surface area contributed by atoms with E-state index in [1.54, 1.807) is 19.3 Å². The molecular formula is C13H19N3O3. The second-order valence-corrected chi connectivity index (χ2v) is 5.10. The van der Waals surface area contributed by atoms with E-state index in [9.17, 15) is 9.90 Å². The largest absolute Gasteiger partial charge is 0.481 e. The summed E-state index contributed by atoms with van der Waals surface area (Å²) in [5, 5.41) is 9.22. The Balaban J connectivity index is 2.09. The van der Waals surface area contributed by atoms with Crippen LogP contribution in [0.2, 0.25) is 0 Å². The predicted molar refractivity (Wildman–Crippen MR) is 70.4 cm³/mol. The highest BCUT2D eigenvalue weighted by Crippen LogP contribution is 2.32. The molecule has 1 aliphatic rings. The summed E-state index contributed by atoms with van der Waals surface area (Å²) in [4.78, 5) is 21.6. The van der Waals surface area contributed by atoms with Gasteiger partial charge >= 0.3 is 5.97 Å². The summed E-state index contributed by atoms with van der Waals surface area (Å²) in [6, 6.07) is 0. The normalized spacial score (nSPS) is 22.5. The van der Waals surface area contributed by atoms with Gasteiger partial charge in [0.15, 0.2) is 5.82 Å². The Morgan fingerprint density at radius 1 is 1.58 bits per heavy atom. The third kappa shape index (κ3) is 2.94. The fourth-order valence-electron chi connectivity index (χ4n) is 2.10. The van der Waals surface area contributed by atoms with Crippen molar-refractivity contribution in [2.24, 2.45) is 5.41 Å². The molecule has 0 aromatic carbocycles. The lowest BCUT2D eigenvalue weighted by molar-refractivity contribution is -0.146. The second kappa shape index (κ2) is 5.42. The average molecular weight is 265 g/mol. The van der Waals surface area contributed by atoms with Crippen molar-refractivity contribution in [3.05, 3.63) is 12.4 Å². The Morgan fingerprint density at radius 2 is 2.37 bits per heavy atom. The van der Waals surface area contributed by atoms with Gasteiger partial charge in [-0.15, -0.1) is 0 Å². The first kappa shape index (κ1) is 13.6. The van der Waals surface area contributed by atoms with Crippen molar-refractivity contribution in [1.29, 1.82) is 0 Å².